The number of rotatable bonds is 4. The maximum absolute atomic E-state index is 10.7. The molecule has 0 radical (unpaired) electrons. The molecule has 1 heterocycles. The number of hydrogen-bond donors (Lipinski definition) is 2. The van der Waals surface area contributed by atoms with Crippen LogP contribution in [0.15, 0.2) is 0 Å². The number of likely N-dealkylation sites (tertiary alicyclic amines) is 1. The molecular weight excluding hydrogens is 194 g/mol. The summed E-state index contributed by atoms with van der Waals surface area (Å²) in [5, 5.41) is 17.9. The Labute approximate surface area is 90.9 Å². The van der Waals surface area contributed by atoms with Crippen LogP contribution in [0.1, 0.15) is 39.0 Å². The minimum absolute atomic E-state index is 0.205. The van der Waals surface area contributed by atoms with Crippen LogP contribution in [0, 0.1) is 5.92 Å². The van der Waals surface area contributed by atoms with Crippen molar-refractivity contribution in [2.75, 3.05) is 13.1 Å². The molecule has 0 aromatic rings. The highest BCUT2D eigenvalue weighted by atomic mass is 16.4. The Bertz CT molecular complexity index is 198. The molecule has 1 amide bonds. The second kappa shape index (κ2) is 5.95. The van der Waals surface area contributed by atoms with Crippen molar-refractivity contribution >= 4 is 6.09 Å². The van der Waals surface area contributed by atoms with Crippen molar-refractivity contribution in [3.63, 3.8) is 0 Å². The molecule has 0 aromatic heterocycles. The molecule has 1 atom stereocenters. The predicted octanol–water partition coefficient (Wildman–Crippen LogP) is 1.93. The molecule has 4 nitrogen and oxygen atoms in total. The average molecular weight is 215 g/mol. The van der Waals surface area contributed by atoms with Crippen molar-refractivity contribution in [1.29, 1.82) is 0 Å². The van der Waals surface area contributed by atoms with Crippen LogP contribution in [0.3, 0.4) is 0 Å². The molecule has 1 rings (SSSR count). The zero-order valence-corrected chi connectivity index (χ0v) is 9.35. The first-order valence-corrected chi connectivity index (χ1v) is 5.75. The van der Waals surface area contributed by atoms with Gasteiger partial charge in [-0.25, -0.2) is 4.79 Å². The van der Waals surface area contributed by atoms with Crippen LogP contribution in [0.4, 0.5) is 4.79 Å². The van der Waals surface area contributed by atoms with Gasteiger partial charge in [0.05, 0.1) is 6.10 Å². The fraction of sp³-hybridized carbons (Fsp3) is 0.909. The summed E-state index contributed by atoms with van der Waals surface area (Å²) in [6.07, 6.45) is 3.99. The van der Waals surface area contributed by atoms with Crippen LogP contribution >= 0.6 is 0 Å². The van der Waals surface area contributed by atoms with Crippen molar-refractivity contribution in [1.82, 2.24) is 4.90 Å². The summed E-state index contributed by atoms with van der Waals surface area (Å²) < 4.78 is 0. The van der Waals surface area contributed by atoms with Crippen molar-refractivity contribution in [2.45, 2.75) is 45.1 Å². The Morgan fingerprint density at radius 2 is 2.07 bits per heavy atom. The smallest absolute Gasteiger partial charge is 0.407 e. The molecule has 1 aliphatic heterocycles. The third kappa shape index (κ3) is 4.51. The molecule has 15 heavy (non-hydrogen) atoms. The molecule has 4 heteroatoms. The SMILES string of the molecule is CC(O)CCCC1CCN(C(=O)O)CC1. The lowest BCUT2D eigenvalue weighted by Crippen LogP contribution is -2.37. The van der Waals surface area contributed by atoms with E-state index >= 15 is 0 Å². The second-order valence-corrected chi connectivity index (χ2v) is 4.49. The fourth-order valence-electron chi connectivity index (χ4n) is 2.11. The van der Waals surface area contributed by atoms with E-state index in [4.69, 9.17) is 10.2 Å². The standard InChI is InChI=1S/C11H21NO3/c1-9(13)3-2-4-10-5-7-12(8-6-10)11(14)15/h9-10,13H,2-8H2,1H3,(H,14,15). The molecular formula is C11H21NO3. The molecule has 2 N–H and O–H groups in total. The fourth-order valence-corrected chi connectivity index (χ4v) is 2.11. The number of nitrogens with zero attached hydrogens (tertiary/aromatic N) is 1. The first kappa shape index (κ1) is 12.3. The highest BCUT2D eigenvalue weighted by Crippen LogP contribution is 2.22. The summed E-state index contributed by atoms with van der Waals surface area (Å²) in [6, 6.07) is 0. The lowest BCUT2D eigenvalue weighted by molar-refractivity contribution is 0.121. The summed E-state index contributed by atoms with van der Waals surface area (Å²) in [7, 11) is 0. The summed E-state index contributed by atoms with van der Waals surface area (Å²) in [6.45, 7) is 3.16. The van der Waals surface area contributed by atoms with Crippen LogP contribution in [-0.4, -0.2) is 40.4 Å². The average Bonchev–Trinajstić information content (AvgIpc) is 2.18. The molecule has 88 valence electrons. The molecule has 0 saturated carbocycles. The zero-order valence-electron chi connectivity index (χ0n) is 9.35. The number of carbonyl (C=O) groups is 1. The largest absolute Gasteiger partial charge is 0.465 e. The highest BCUT2D eigenvalue weighted by molar-refractivity contribution is 5.64. The number of aliphatic hydroxyl groups is 1. The quantitative estimate of drug-likeness (QED) is 0.753. The van der Waals surface area contributed by atoms with Crippen molar-refractivity contribution < 1.29 is 15.0 Å². The summed E-state index contributed by atoms with van der Waals surface area (Å²) in [5.74, 6) is 0.652. The third-order valence-electron chi connectivity index (χ3n) is 3.12. The van der Waals surface area contributed by atoms with Gasteiger partial charge >= 0.3 is 6.09 Å². The van der Waals surface area contributed by atoms with E-state index in [-0.39, 0.29) is 6.10 Å². The highest BCUT2D eigenvalue weighted by Gasteiger charge is 2.21. The molecule has 0 aliphatic carbocycles. The van der Waals surface area contributed by atoms with Crippen molar-refractivity contribution in [3.05, 3.63) is 0 Å². The minimum Gasteiger partial charge on any atom is -0.465 e. The number of aliphatic hydroxyl groups excluding tert-OH is 1. The van der Waals surface area contributed by atoms with Gasteiger partial charge in [-0.05, 0) is 32.1 Å². The van der Waals surface area contributed by atoms with Crippen molar-refractivity contribution in [2.24, 2.45) is 5.92 Å². The van der Waals surface area contributed by atoms with E-state index in [0.717, 1.165) is 32.1 Å². The lowest BCUT2D eigenvalue weighted by atomic mass is 9.91. The first-order chi connectivity index (χ1) is 7.09. The van der Waals surface area contributed by atoms with Crippen LogP contribution in [-0.2, 0) is 0 Å². The number of hydrogen-bond acceptors (Lipinski definition) is 2. The third-order valence-corrected chi connectivity index (χ3v) is 3.12. The normalized spacial score (nSPS) is 20.3. The van der Waals surface area contributed by atoms with E-state index in [1.165, 1.54) is 4.90 Å². The maximum atomic E-state index is 10.7. The van der Waals surface area contributed by atoms with E-state index in [1.54, 1.807) is 0 Å². The van der Waals surface area contributed by atoms with Crippen LogP contribution < -0.4 is 0 Å². The topological polar surface area (TPSA) is 60.8 Å². The van der Waals surface area contributed by atoms with E-state index in [9.17, 15) is 4.79 Å². The summed E-state index contributed by atoms with van der Waals surface area (Å²) in [4.78, 5) is 12.1. The van der Waals surface area contributed by atoms with Gasteiger partial charge in [0.1, 0.15) is 0 Å². The molecule has 0 bridgehead atoms. The van der Waals surface area contributed by atoms with Gasteiger partial charge in [-0.3, -0.25) is 0 Å². The Balaban J connectivity index is 2.12. The van der Waals surface area contributed by atoms with Gasteiger partial charge in [0.2, 0.25) is 0 Å². The number of carboxylic acid groups (broad SMARTS) is 1. The Morgan fingerprint density at radius 3 is 2.53 bits per heavy atom. The Morgan fingerprint density at radius 1 is 1.47 bits per heavy atom. The van der Waals surface area contributed by atoms with Gasteiger partial charge in [-0.15, -0.1) is 0 Å². The van der Waals surface area contributed by atoms with Crippen LogP contribution in [0.2, 0.25) is 0 Å². The maximum Gasteiger partial charge on any atom is 0.407 e. The Kier molecular flexibility index (Phi) is 4.88. The van der Waals surface area contributed by atoms with E-state index in [0.29, 0.717) is 19.0 Å². The minimum atomic E-state index is -0.794. The summed E-state index contributed by atoms with van der Waals surface area (Å²) >= 11 is 0. The molecule has 1 fully saturated rings. The van der Waals surface area contributed by atoms with Gasteiger partial charge in [-0.1, -0.05) is 12.8 Å². The van der Waals surface area contributed by atoms with E-state index < -0.39 is 6.09 Å². The molecule has 0 aromatic carbocycles. The van der Waals surface area contributed by atoms with E-state index in [2.05, 4.69) is 0 Å². The molecule has 1 saturated heterocycles. The first-order valence-electron chi connectivity index (χ1n) is 5.75. The van der Waals surface area contributed by atoms with Crippen LogP contribution in [0.25, 0.3) is 0 Å². The number of amides is 1. The Hall–Kier alpha value is -0.770. The zero-order chi connectivity index (χ0) is 11.3. The van der Waals surface area contributed by atoms with Gasteiger partial charge in [-0.2, -0.15) is 0 Å². The van der Waals surface area contributed by atoms with E-state index in [1.807, 2.05) is 6.92 Å². The summed E-state index contributed by atoms with van der Waals surface area (Å²) in [5.41, 5.74) is 0. The molecule has 1 unspecified atom stereocenters. The molecule has 0 spiro atoms. The number of piperidine rings is 1. The second-order valence-electron chi connectivity index (χ2n) is 4.49. The van der Waals surface area contributed by atoms with Crippen LogP contribution in [0.5, 0.6) is 0 Å². The predicted molar refractivity (Wildman–Crippen MR) is 57.9 cm³/mol. The van der Waals surface area contributed by atoms with Gasteiger partial charge in [0.15, 0.2) is 0 Å². The van der Waals surface area contributed by atoms with Gasteiger partial charge in [0, 0.05) is 13.1 Å². The lowest BCUT2D eigenvalue weighted by Gasteiger charge is -2.30. The monoisotopic (exact) mass is 215 g/mol. The molecule has 1 aliphatic rings. The van der Waals surface area contributed by atoms with Crippen molar-refractivity contribution in [3.8, 4) is 0 Å². The van der Waals surface area contributed by atoms with Gasteiger partial charge < -0.3 is 15.1 Å². The van der Waals surface area contributed by atoms with Gasteiger partial charge in [0.25, 0.3) is 0 Å².